The minimum Gasteiger partial charge on any atom is -0.0998 e. The molecule has 0 bridgehead atoms. The Morgan fingerprint density at radius 2 is 1.49 bits per heavy atom. The van der Waals surface area contributed by atoms with Gasteiger partial charge in [0.15, 0.2) is 0 Å². The van der Waals surface area contributed by atoms with Gasteiger partial charge in [0.25, 0.3) is 0 Å². The van der Waals surface area contributed by atoms with Gasteiger partial charge in [0, 0.05) is 5.92 Å². The Balaban J connectivity index is 0.000000682. The van der Waals surface area contributed by atoms with Gasteiger partial charge >= 0.3 is 0 Å². The SMILES string of the molecule is C=C(C)Cc1c(C)cc2c(c1-c1ccc(C)cc1)CC(c1ccc3c(c1)C(C1CCC(C)CC1)=CC3C)=C2.CC(C)(C)C. The highest BCUT2D eigenvalue weighted by atomic mass is 14.3. The number of rotatable bonds is 5. The maximum Gasteiger partial charge on any atom is 0.000174 e. The summed E-state index contributed by atoms with van der Waals surface area (Å²) >= 11 is 0. The number of aryl methyl sites for hydroxylation is 2. The first-order chi connectivity index (χ1) is 20.3. The van der Waals surface area contributed by atoms with Crippen molar-refractivity contribution >= 4 is 17.2 Å². The Bertz CT molecular complexity index is 1550. The van der Waals surface area contributed by atoms with E-state index < -0.39 is 0 Å². The zero-order chi connectivity index (χ0) is 31.1. The fourth-order valence-electron chi connectivity index (χ4n) is 7.24. The zero-order valence-electron chi connectivity index (χ0n) is 28.5. The summed E-state index contributed by atoms with van der Waals surface area (Å²) in [5.41, 5.74) is 19.0. The second kappa shape index (κ2) is 12.5. The molecule has 0 nitrogen and oxygen atoms in total. The Morgan fingerprint density at radius 1 is 0.860 bits per heavy atom. The lowest BCUT2D eigenvalue weighted by Gasteiger charge is -2.28. The quantitative estimate of drug-likeness (QED) is 0.268. The van der Waals surface area contributed by atoms with Crippen LogP contribution in [0.2, 0.25) is 0 Å². The summed E-state index contributed by atoms with van der Waals surface area (Å²) in [5, 5.41) is 0. The number of hydrogen-bond donors (Lipinski definition) is 0. The molecule has 3 aliphatic rings. The van der Waals surface area contributed by atoms with Crippen LogP contribution < -0.4 is 0 Å². The minimum absolute atomic E-state index is 0.500. The largest absolute Gasteiger partial charge is 0.0998 e. The Labute approximate surface area is 263 Å². The van der Waals surface area contributed by atoms with Gasteiger partial charge < -0.3 is 0 Å². The topological polar surface area (TPSA) is 0 Å². The molecule has 43 heavy (non-hydrogen) atoms. The van der Waals surface area contributed by atoms with E-state index in [9.17, 15) is 0 Å². The lowest BCUT2D eigenvalue weighted by molar-refractivity contribution is 0.337. The normalized spacial score (nSPS) is 20.9. The molecule has 1 atom stereocenters. The zero-order valence-corrected chi connectivity index (χ0v) is 28.5. The highest BCUT2D eigenvalue weighted by molar-refractivity contribution is 5.94. The van der Waals surface area contributed by atoms with E-state index in [2.05, 4.69) is 130 Å². The molecule has 3 aromatic rings. The molecule has 0 amide bonds. The molecule has 226 valence electrons. The van der Waals surface area contributed by atoms with Crippen molar-refractivity contribution in [3.05, 3.63) is 111 Å². The molecular weight excluding hydrogens is 516 g/mol. The lowest BCUT2D eigenvalue weighted by atomic mass is 9.77. The molecule has 1 unspecified atom stereocenters. The third kappa shape index (κ3) is 7.17. The third-order valence-corrected chi connectivity index (χ3v) is 9.43. The van der Waals surface area contributed by atoms with Crippen LogP contribution in [-0.2, 0) is 12.8 Å². The van der Waals surface area contributed by atoms with Crippen LogP contribution >= 0.6 is 0 Å². The van der Waals surface area contributed by atoms with E-state index in [1.165, 1.54) is 92.5 Å². The highest BCUT2D eigenvalue weighted by Gasteiger charge is 2.30. The van der Waals surface area contributed by atoms with Gasteiger partial charge in [-0.25, -0.2) is 0 Å². The molecule has 0 saturated heterocycles. The van der Waals surface area contributed by atoms with Crippen molar-refractivity contribution < 1.29 is 0 Å². The molecule has 0 N–H and O–H groups in total. The van der Waals surface area contributed by atoms with Gasteiger partial charge in [-0.2, -0.15) is 0 Å². The van der Waals surface area contributed by atoms with E-state index in [4.69, 9.17) is 0 Å². The monoisotopic (exact) mass is 570 g/mol. The van der Waals surface area contributed by atoms with E-state index in [0.717, 1.165) is 24.7 Å². The predicted molar refractivity (Wildman–Crippen MR) is 191 cm³/mol. The number of allylic oxidation sites excluding steroid dienone is 4. The first kappa shape index (κ1) is 31.3. The third-order valence-electron chi connectivity index (χ3n) is 9.43. The van der Waals surface area contributed by atoms with Crippen molar-refractivity contribution in [1.29, 1.82) is 0 Å². The van der Waals surface area contributed by atoms with Crippen molar-refractivity contribution in [1.82, 2.24) is 0 Å². The second-order valence-corrected chi connectivity index (χ2v) is 15.6. The lowest BCUT2D eigenvalue weighted by Crippen LogP contribution is -2.13. The van der Waals surface area contributed by atoms with Gasteiger partial charge in [0.05, 0.1) is 0 Å². The summed E-state index contributed by atoms with van der Waals surface area (Å²) in [5.74, 6) is 2.16. The summed E-state index contributed by atoms with van der Waals surface area (Å²) in [4.78, 5) is 0. The van der Waals surface area contributed by atoms with Gasteiger partial charge in [-0.05, 0) is 131 Å². The molecule has 0 aromatic heterocycles. The Hall–Kier alpha value is -3.12. The van der Waals surface area contributed by atoms with E-state index in [1.54, 1.807) is 5.57 Å². The summed E-state index contributed by atoms with van der Waals surface area (Å²) in [7, 11) is 0. The van der Waals surface area contributed by atoms with Gasteiger partial charge in [-0.1, -0.05) is 127 Å². The first-order valence-corrected chi connectivity index (χ1v) is 16.7. The average molecular weight is 571 g/mol. The van der Waals surface area contributed by atoms with Crippen molar-refractivity contribution in [2.24, 2.45) is 17.3 Å². The van der Waals surface area contributed by atoms with Crippen LogP contribution in [0.25, 0.3) is 28.3 Å². The van der Waals surface area contributed by atoms with Gasteiger partial charge in [0.2, 0.25) is 0 Å². The van der Waals surface area contributed by atoms with Crippen LogP contribution in [0, 0.1) is 31.1 Å². The number of hydrogen-bond acceptors (Lipinski definition) is 0. The molecular formula is C43H54. The van der Waals surface area contributed by atoms with E-state index in [0.29, 0.717) is 11.3 Å². The summed E-state index contributed by atoms with van der Waals surface area (Å²) in [6.07, 6.45) is 12.4. The molecule has 0 heterocycles. The molecule has 1 saturated carbocycles. The smallest absolute Gasteiger partial charge is 0.000174 e. The molecule has 1 fully saturated rings. The number of benzene rings is 3. The van der Waals surface area contributed by atoms with Crippen molar-refractivity contribution in [2.45, 2.75) is 107 Å². The van der Waals surface area contributed by atoms with Crippen LogP contribution in [0.1, 0.15) is 125 Å². The van der Waals surface area contributed by atoms with E-state index in [-0.39, 0.29) is 0 Å². The molecule has 0 spiro atoms. The van der Waals surface area contributed by atoms with Crippen LogP contribution in [0.3, 0.4) is 0 Å². The predicted octanol–water partition coefficient (Wildman–Crippen LogP) is 12.6. The van der Waals surface area contributed by atoms with E-state index >= 15 is 0 Å². The molecule has 3 aromatic carbocycles. The number of fused-ring (bicyclic) bond motifs is 2. The van der Waals surface area contributed by atoms with Crippen molar-refractivity contribution in [2.75, 3.05) is 0 Å². The van der Waals surface area contributed by atoms with Crippen LogP contribution in [0.5, 0.6) is 0 Å². The maximum atomic E-state index is 4.27. The van der Waals surface area contributed by atoms with E-state index in [1.807, 2.05) is 0 Å². The standard InChI is InChI=1S/C38H42.C5H12/c1-23(2)17-34-26(5)18-32-20-31(22-36(32)38(34)29-13-9-25(4)10-14-29)30-15-16-33-27(6)19-35(37(33)21-30)28-11-7-24(3)8-12-28;1-5(2,3)4/h9-10,13-16,18-21,24,27-28H,1,7-8,11-12,17,22H2,2-6H3;1-4H3. The van der Waals surface area contributed by atoms with Gasteiger partial charge in [-0.15, -0.1) is 0 Å². The molecule has 0 aliphatic heterocycles. The molecule has 6 rings (SSSR count). The van der Waals surface area contributed by atoms with Crippen LogP contribution in [-0.4, -0.2) is 0 Å². The molecule has 3 aliphatic carbocycles. The average Bonchev–Trinajstić information content (AvgIpc) is 3.49. The Morgan fingerprint density at radius 3 is 2.12 bits per heavy atom. The fourth-order valence-corrected chi connectivity index (χ4v) is 7.24. The molecule has 0 heteroatoms. The Kier molecular flexibility index (Phi) is 9.08. The van der Waals surface area contributed by atoms with Crippen LogP contribution in [0.15, 0.2) is 66.8 Å². The highest BCUT2D eigenvalue weighted by Crippen LogP contribution is 2.47. The second-order valence-electron chi connectivity index (χ2n) is 15.6. The first-order valence-electron chi connectivity index (χ1n) is 16.7. The summed E-state index contributed by atoms with van der Waals surface area (Å²) in [6.45, 7) is 24.4. The maximum absolute atomic E-state index is 4.27. The van der Waals surface area contributed by atoms with Crippen molar-refractivity contribution in [3.63, 3.8) is 0 Å². The van der Waals surface area contributed by atoms with Gasteiger partial charge in [-0.3, -0.25) is 0 Å². The molecule has 0 radical (unpaired) electrons. The summed E-state index contributed by atoms with van der Waals surface area (Å²) < 4.78 is 0. The minimum atomic E-state index is 0.500. The fraction of sp³-hybridized carbons (Fsp3) is 0.442. The van der Waals surface area contributed by atoms with Gasteiger partial charge in [0.1, 0.15) is 0 Å². The van der Waals surface area contributed by atoms with Crippen LogP contribution in [0.4, 0.5) is 0 Å². The van der Waals surface area contributed by atoms with Crippen molar-refractivity contribution in [3.8, 4) is 11.1 Å². The summed E-state index contributed by atoms with van der Waals surface area (Å²) in [6, 6.07) is 18.9.